The van der Waals surface area contributed by atoms with Crippen molar-refractivity contribution in [3.05, 3.63) is 0 Å². The van der Waals surface area contributed by atoms with Crippen LogP contribution in [0.4, 0.5) is 0 Å². The van der Waals surface area contributed by atoms with Gasteiger partial charge in [0.05, 0.1) is 13.2 Å². The van der Waals surface area contributed by atoms with Gasteiger partial charge in [0.2, 0.25) is 0 Å². The minimum absolute atomic E-state index is 0.0326. The molecule has 0 fully saturated rings. The molecule has 0 aromatic carbocycles. The second-order valence-electron chi connectivity index (χ2n) is 6.94. The summed E-state index contributed by atoms with van der Waals surface area (Å²) in [6.07, 6.45) is 14.8. The highest BCUT2D eigenvalue weighted by Gasteiger charge is 2.20. The van der Waals surface area contributed by atoms with Crippen LogP contribution in [0.3, 0.4) is 0 Å². The van der Waals surface area contributed by atoms with Crippen molar-refractivity contribution >= 4 is 7.60 Å². The Morgan fingerprint density at radius 1 is 0.808 bits per heavy atom. The third-order valence-electron chi connectivity index (χ3n) is 4.46. The first-order chi connectivity index (χ1) is 12.6. The van der Waals surface area contributed by atoms with Gasteiger partial charge in [-0.2, -0.15) is 0 Å². The van der Waals surface area contributed by atoms with Gasteiger partial charge in [0.15, 0.2) is 0 Å². The van der Waals surface area contributed by atoms with Gasteiger partial charge < -0.3 is 14.2 Å². The van der Waals surface area contributed by atoms with Crippen LogP contribution in [0, 0.1) is 0 Å². The average Bonchev–Trinajstić information content (AvgIpc) is 2.64. The summed E-state index contributed by atoms with van der Waals surface area (Å²) in [5, 5.41) is 8.77. The molecule has 0 aliphatic heterocycles. The van der Waals surface area contributed by atoms with Gasteiger partial charge in [0, 0.05) is 12.8 Å². The van der Waals surface area contributed by atoms with Crippen molar-refractivity contribution in [3.63, 3.8) is 0 Å². The van der Waals surface area contributed by atoms with Crippen LogP contribution < -0.4 is 0 Å². The van der Waals surface area contributed by atoms with Gasteiger partial charge in [0.25, 0.3) is 0 Å². The predicted octanol–water partition coefficient (Wildman–Crippen LogP) is 5.78. The minimum Gasteiger partial charge on any atom is -0.379 e. The molecule has 6 nitrogen and oxygen atoms in total. The molecular weight excluding hydrogens is 355 g/mol. The Kier molecular flexibility index (Phi) is 18.4. The van der Waals surface area contributed by atoms with E-state index >= 15 is 0 Å². The lowest BCUT2D eigenvalue weighted by atomic mass is 10.1. The van der Waals surface area contributed by atoms with Gasteiger partial charge in [-0.3, -0.25) is 9.82 Å². The van der Waals surface area contributed by atoms with Crippen LogP contribution in [-0.2, 0) is 18.7 Å². The van der Waals surface area contributed by atoms with E-state index in [-0.39, 0.29) is 19.4 Å². The Hall–Kier alpha value is 0.0300. The molecular formula is C19H41O6P. The number of ether oxygens (including phenoxy) is 1. The zero-order chi connectivity index (χ0) is 19.5. The maximum Gasteiger partial charge on any atom is 0.327 e. The zero-order valence-corrected chi connectivity index (χ0v) is 17.8. The highest BCUT2D eigenvalue weighted by Crippen LogP contribution is 2.41. The number of hydrogen-bond acceptors (Lipinski definition) is 5. The van der Waals surface area contributed by atoms with Crippen molar-refractivity contribution in [2.75, 3.05) is 26.0 Å². The Bertz CT molecular complexity index is 340. The van der Waals surface area contributed by atoms with Crippen LogP contribution in [0.5, 0.6) is 0 Å². The van der Waals surface area contributed by atoms with E-state index in [2.05, 4.69) is 11.8 Å². The van der Waals surface area contributed by atoms with Crippen molar-refractivity contribution in [1.82, 2.24) is 0 Å². The first-order valence-electron chi connectivity index (χ1n) is 10.4. The standard InChI is InChI=1S/C19H41O6P/c1-3-5-6-7-8-9-10-11-12-13-14-15-16-23-17-19(25-20)18-24-26(21,22)4-2/h19-20H,3-18H2,1-2H3,(H,21,22). The van der Waals surface area contributed by atoms with E-state index in [4.69, 9.17) is 14.5 Å². The molecule has 0 spiro atoms. The Labute approximate surface area is 160 Å². The van der Waals surface area contributed by atoms with E-state index in [1.807, 2.05) is 0 Å². The molecule has 158 valence electrons. The quantitative estimate of drug-likeness (QED) is 0.117. The first-order valence-corrected chi connectivity index (χ1v) is 12.2. The fourth-order valence-electron chi connectivity index (χ4n) is 2.66. The van der Waals surface area contributed by atoms with E-state index in [1.165, 1.54) is 64.2 Å². The molecule has 0 rings (SSSR count). The number of hydrogen-bond donors (Lipinski definition) is 2. The number of rotatable bonds is 20. The monoisotopic (exact) mass is 396 g/mol. The molecule has 0 saturated heterocycles. The van der Waals surface area contributed by atoms with Crippen molar-refractivity contribution < 1.29 is 28.9 Å². The summed E-state index contributed by atoms with van der Waals surface area (Å²) in [4.78, 5) is 13.5. The van der Waals surface area contributed by atoms with Crippen LogP contribution in [0.2, 0.25) is 0 Å². The molecule has 0 bridgehead atoms. The molecule has 0 aliphatic carbocycles. The highest BCUT2D eigenvalue weighted by atomic mass is 31.2. The topological polar surface area (TPSA) is 85.2 Å². The third kappa shape index (κ3) is 17.4. The van der Waals surface area contributed by atoms with Crippen LogP contribution in [0.25, 0.3) is 0 Å². The number of unbranched alkanes of at least 4 members (excludes halogenated alkanes) is 11. The normalized spacial score (nSPS) is 15.1. The van der Waals surface area contributed by atoms with Crippen molar-refractivity contribution in [3.8, 4) is 0 Å². The molecule has 26 heavy (non-hydrogen) atoms. The molecule has 0 heterocycles. The summed E-state index contributed by atoms with van der Waals surface area (Å²) >= 11 is 0. The van der Waals surface area contributed by atoms with Crippen LogP contribution in [0.15, 0.2) is 0 Å². The van der Waals surface area contributed by atoms with Gasteiger partial charge >= 0.3 is 7.60 Å². The van der Waals surface area contributed by atoms with Crippen LogP contribution >= 0.6 is 7.60 Å². The van der Waals surface area contributed by atoms with Gasteiger partial charge in [-0.15, -0.1) is 0 Å². The molecule has 2 atom stereocenters. The minimum atomic E-state index is -3.56. The van der Waals surface area contributed by atoms with Crippen molar-refractivity contribution in [1.29, 1.82) is 0 Å². The van der Waals surface area contributed by atoms with Gasteiger partial charge in [0.1, 0.15) is 6.10 Å². The van der Waals surface area contributed by atoms with Crippen LogP contribution in [0.1, 0.15) is 90.9 Å². The van der Waals surface area contributed by atoms with Gasteiger partial charge in [-0.05, 0) is 6.42 Å². The molecule has 0 radical (unpaired) electrons. The lowest BCUT2D eigenvalue weighted by Crippen LogP contribution is -2.24. The molecule has 0 aromatic rings. The van der Waals surface area contributed by atoms with Crippen molar-refractivity contribution in [2.24, 2.45) is 0 Å². The zero-order valence-electron chi connectivity index (χ0n) is 16.9. The first kappa shape index (κ1) is 26.0. The third-order valence-corrected chi connectivity index (χ3v) is 5.81. The summed E-state index contributed by atoms with van der Waals surface area (Å²) < 4.78 is 21.6. The summed E-state index contributed by atoms with van der Waals surface area (Å²) in [6, 6.07) is 0. The summed E-state index contributed by atoms with van der Waals surface area (Å²) in [5.74, 6) is 0. The molecule has 0 aromatic heterocycles. The summed E-state index contributed by atoms with van der Waals surface area (Å²) in [5.41, 5.74) is 0. The highest BCUT2D eigenvalue weighted by molar-refractivity contribution is 7.52. The molecule has 2 unspecified atom stereocenters. The lowest BCUT2D eigenvalue weighted by Gasteiger charge is -2.16. The second-order valence-corrected chi connectivity index (χ2v) is 9.11. The molecule has 2 N–H and O–H groups in total. The Morgan fingerprint density at radius 2 is 1.31 bits per heavy atom. The lowest BCUT2D eigenvalue weighted by molar-refractivity contribution is -0.291. The van der Waals surface area contributed by atoms with Gasteiger partial charge in [-0.1, -0.05) is 84.5 Å². The van der Waals surface area contributed by atoms with Gasteiger partial charge in [-0.25, -0.2) is 4.89 Å². The van der Waals surface area contributed by atoms with E-state index in [0.29, 0.717) is 6.61 Å². The van der Waals surface area contributed by atoms with Crippen molar-refractivity contribution in [2.45, 2.75) is 97.0 Å². The molecule has 7 heteroatoms. The SMILES string of the molecule is CCCCCCCCCCCCCCOCC(COP(=O)(O)CC)OO. The smallest absolute Gasteiger partial charge is 0.327 e. The fourth-order valence-corrected chi connectivity index (χ4v) is 3.24. The maximum absolute atomic E-state index is 11.4. The van der Waals surface area contributed by atoms with E-state index in [0.717, 1.165) is 12.8 Å². The second kappa shape index (κ2) is 18.4. The average molecular weight is 397 g/mol. The Morgan fingerprint density at radius 3 is 1.77 bits per heavy atom. The van der Waals surface area contributed by atoms with E-state index in [9.17, 15) is 9.46 Å². The Balaban J connectivity index is 3.35. The summed E-state index contributed by atoms with van der Waals surface area (Å²) in [7, 11) is -3.56. The van der Waals surface area contributed by atoms with E-state index < -0.39 is 13.7 Å². The summed E-state index contributed by atoms with van der Waals surface area (Å²) in [6.45, 7) is 4.41. The predicted molar refractivity (Wildman–Crippen MR) is 106 cm³/mol. The maximum atomic E-state index is 11.4. The van der Waals surface area contributed by atoms with E-state index in [1.54, 1.807) is 6.92 Å². The van der Waals surface area contributed by atoms with Crippen LogP contribution in [-0.4, -0.2) is 42.2 Å². The largest absolute Gasteiger partial charge is 0.379 e. The molecule has 0 saturated carbocycles. The molecule has 0 amide bonds. The fraction of sp³-hybridized carbons (Fsp3) is 1.00. The molecule has 0 aliphatic rings.